The smallest absolute Gasteiger partial charge is 0.261 e. The van der Waals surface area contributed by atoms with E-state index >= 15 is 0 Å². The fourth-order valence-electron chi connectivity index (χ4n) is 2.20. The number of hydrogen-bond acceptors (Lipinski definition) is 4. The minimum absolute atomic E-state index is 0.0653. The van der Waals surface area contributed by atoms with Crippen LogP contribution in [0.25, 0.3) is 10.9 Å². The van der Waals surface area contributed by atoms with Crippen LogP contribution in [-0.2, 0) is 18.8 Å². The minimum Gasteiger partial charge on any atom is -0.288 e. The summed E-state index contributed by atoms with van der Waals surface area (Å²) in [5.74, 6) is 0.778. The number of aryl methyl sites for hydroxylation is 1. The molecule has 3 rings (SSSR count). The number of hydrogen-bond donors (Lipinski definition) is 0. The largest absolute Gasteiger partial charge is 0.288 e. The van der Waals surface area contributed by atoms with Gasteiger partial charge in [-0.2, -0.15) is 0 Å². The van der Waals surface area contributed by atoms with Crippen molar-refractivity contribution >= 4 is 33.8 Å². The molecule has 0 aliphatic rings. The molecule has 0 unspecified atom stereocenters. The summed E-state index contributed by atoms with van der Waals surface area (Å²) >= 11 is 7.58. The van der Waals surface area contributed by atoms with Crippen LogP contribution in [0.4, 0.5) is 0 Å². The lowest BCUT2D eigenvalue weighted by Crippen LogP contribution is -2.25. The van der Waals surface area contributed by atoms with Gasteiger partial charge in [-0.3, -0.25) is 9.36 Å². The van der Waals surface area contributed by atoms with Crippen molar-refractivity contribution in [3.8, 4) is 0 Å². The molecule has 6 heteroatoms. The quantitative estimate of drug-likeness (QED) is 0.694. The monoisotopic (exact) mass is 319 g/mol. The maximum Gasteiger partial charge on any atom is 0.261 e. The van der Waals surface area contributed by atoms with Gasteiger partial charge >= 0.3 is 0 Å². The first-order valence-electron chi connectivity index (χ1n) is 6.71. The fraction of sp³-hybridized carbons (Fsp3) is 0.267. The van der Waals surface area contributed by atoms with E-state index in [9.17, 15) is 4.79 Å². The first kappa shape index (κ1) is 14.2. The Labute approximate surface area is 131 Å². The maximum atomic E-state index is 12.6. The van der Waals surface area contributed by atoms with Crippen molar-refractivity contribution in [3.05, 3.63) is 56.5 Å². The van der Waals surface area contributed by atoms with E-state index in [1.165, 1.54) is 4.88 Å². The molecule has 3 aromatic rings. The van der Waals surface area contributed by atoms with E-state index in [0.29, 0.717) is 23.3 Å². The Hall–Kier alpha value is -1.72. The van der Waals surface area contributed by atoms with Crippen molar-refractivity contribution in [1.29, 1.82) is 0 Å². The Morgan fingerprint density at radius 3 is 2.86 bits per heavy atom. The Bertz CT molecular complexity index is 840. The van der Waals surface area contributed by atoms with Crippen LogP contribution in [0.2, 0.25) is 0 Å². The van der Waals surface area contributed by atoms with Crippen molar-refractivity contribution in [2.24, 2.45) is 0 Å². The molecule has 108 valence electrons. The van der Waals surface area contributed by atoms with Gasteiger partial charge in [0.2, 0.25) is 0 Å². The molecule has 0 aliphatic heterocycles. The molecule has 0 saturated carbocycles. The number of fused-ring (bicyclic) bond motifs is 1. The fourth-order valence-corrected chi connectivity index (χ4v) is 3.25. The molecule has 0 saturated heterocycles. The molecule has 2 heterocycles. The highest BCUT2D eigenvalue weighted by Crippen LogP contribution is 2.16. The summed E-state index contributed by atoms with van der Waals surface area (Å²) in [6.45, 7) is 2.51. The second-order valence-electron chi connectivity index (χ2n) is 4.64. The highest BCUT2D eigenvalue weighted by atomic mass is 35.5. The highest BCUT2D eigenvalue weighted by Gasteiger charge is 2.12. The Kier molecular flexibility index (Phi) is 4.03. The van der Waals surface area contributed by atoms with Gasteiger partial charge in [0.25, 0.3) is 5.56 Å². The zero-order chi connectivity index (χ0) is 14.8. The van der Waals surface area contributed by atoms with Crippen molar-refractivity contribution < 1.29 is 0 Å². The lowest BCUT2D eigenvalue weighted by Gasteiger charge is -2.10. The number of aromatic nitrogens is 3. The third-order valence-corrected chi connectivity index (χ3v) is 4.67. The standard InChI is InChI=1S/C15H14ClN3OS/c1-2-10-8-17-14(21-10)9-19-13(7-16)18-12-6-4-3-5-11(12)15(19)20/h3-6,8H,2,7,9H2,1H3. The average molecular weight is 320 g/mol. The zero-order valence-electron chi connectivity index (χ0n) is 11.5. The van der Waals surface area contributed by atoms with Gasteiger partial charge in [0, 0.05) is 11.1 Å². The molecule has 4 nitrogen and oxygen atoms in total. The van der Waals surface area contributed by atoms with Crippen molar-refractivity contribution in [2.45, 2.75) is 25.8 Å². The van der Waals surface area contributed by atoms with Gasteiger partial charge in [0.05, 0.1) is 23.3 Å². The van der Waals surface area contributed by atoms with Crippen molar-refractivity contribution in [1.82, 2.24) is 14.5 Å². The summed E-state index contributed by atoms with van der Waals surface area (Å²) in [4.78, 5) is 22.7. The summed E-state index contributed by atoms with van der Waals surface area (Å²) in [5.41, 5.74) is 0.618. The lowest BCUT2D eigenvalue weighted by molar-refractivity contribution is 0.703. The van der Waals surface area contributed by atoms with Gasteiger partial charge in [-0.1, -0.05) is 19.1 Å². The van der Waals surface area contributed by atoms with E-state index in [2.05, 4.69) is 16.9 Å². The second-order valence-corrected chi connectivity index (χ2v) is 6.11. The van der Waals surface area contributed by atoms with E-state index in [-0.39, 0.29) is 11.4 Å². The summed E-state index contributed by atoms with van der Waals surface area (Å²) in [6, 6.07) is 7.33. The molecule has 0 N–H and O–H groups in total. The van der Waals surface area contributed by atoms with Crippen molar-refractivity contribution in [2.75, 3.05) is 0 Å². The predicted octanol–water partition coefficient (Wildman–Crippen LogP) is 3.20. The van der Waals surface area contributed by atoms with Crippen LogP contribution in [0.15, 0.2) is 35.3 Å². The number of benzene rings is 1. The second kappa shape index (κ2) is 5.95. The minimum atomic E-state index is -0.0653. The van der Waals surface area contributed by atoms with E-state index in [0.717, 1.165) is 11.4 Å². The van der Waals surface area contributed by atoms with E-state index in [1.807, 2.05) is 24.4 Å². The summed E-state index contributed by atoms with van der Waals surface area (Å²) in [6.07, 6.45) is 2.81. The van der Waals surface area contributed by atoms with Gasteiger partial charge in [-0.15, -0.1) is 22.9 Å². The molecule has 0 bridgehead atoms. The molecule has 0 amide bonds. The van der Waals surface area contributed by atoms with Gasteiger partial charge < -0.3 is 0 Å². The average Bonchev–Trinajstić information content (AvgIpc) is 2.97. The number of thiazole rings is 1. The zero-order valence-corrected chi connectivity index (χ0v) is 13.1. The van der Waals surface area contributed by atoms with Gasteiger partial charge in [-0.05, 0) is 18.6 Å². The Balaban J connectivity index is 2.12. The number of rotatable bonds is 4. The van der Waals surface area contributed by atoms with E-state index in [4.69, 9.17) is 11.6 Å². The van der Waals surface area contributed by atoms with Crippen LogP contribution in [-0.4, -0.2) is 14.5 Å². The molecule has 0 fully saturated rings. The van der Waals surface area contributed by atoms with Crippen LogP contribution < -0.4 is 5.56 Å². The summed E-state index contributed by atoms with van der Waals surface area (Å²) < 4.78 is 1.62. The van der Waals surface area contributed by atoms with Crippen LogP contribution in [0, 0.1) is 0 Å². The van der Waals surface area contributed by atoms with E-state index < -0.39 is 0 Å². The highest BCUT2D eigenvalue weighted by molar-refractivity contribution is 7.11. The van der Waals surface area contributed by atoms with Crippen LogP contribution in [0.1, 0.15) is 22.6 Å². The summed E-state index contributed by atoms with van der Waals surface area (Å²) in [5, 5.41) is 1.51. The van der Waals surface area contributed by atoms with Crippen molar-refractivity contribution in [3.63, 3.8) is 0 Å². The molecule has 0 radical (unpaired) electrons. The SMILES string of the molecule is CCc1cnc(Cn2c(CCl)nc3ccccc3c2=O)s1. The van der Waals surface area contributed by atoms with Gasteiger partial charge in [0.1, 0.15) is 10.8 Å². The Morgan fingerprint density at radius 1 is 1.33 bits per heavy atom. The summed E-state index contributed by atoms with van der Waals surface area (Å²) in [7, 11) is 0. The first-order chi connectivity index (χ1) is 10.2. The maximum absolute atomic E-state index is 12.6. The predicted molar refractivity (Wildman–Crippen MR) is 86.2 cm³/mol. The van der Waals surface area contributed by atoms with Crippen LogP contribution in [0.3, 0.4) is 0 Å². The van der Waals surface area contributed by atoms with Gasteiger partial charge in [-0.25, -0.2) is 9.97 Å². The molecular formula is C15H14ClN3OS. The topological polar surface area (TPSA) is 47.8 Å². The lowest BCUT2D eigenvalue weighted by atomic mass is 10.2. The molecule has 0 aliphatic carbocycles. The number of para-hydroxylation sites is 1. The molecule has 1 aromatic carbocycles. The Morgan fingerprint density at radius 2 is 2.14 bits per heavy atom. The van der Waals surface area contributed by atoms with Crippen LogP contribution in [0.5, 0.6) is 0 Å². The third kappa shape index (κ3) is 2.71. The number of nitrogens with zero attached hydrogens (tertiary/aromatic N) is 3. The van der Waals surface area contributed by atoms with Gasteiger partial charge in [0.15, 0.2) is 0 Å². The number of alkyl halides is 1. The van der Waals surface area contributed by atoms with Crippen LogP contribution >= 0.6 is 22.9 Å². The molecule has 0 atom stereocenters. The first-order valence-corrected chi connectivity index (χ1v) is 8.06. The molecule has 2 aromatic heterocycles. The number of halogens is 1. The third-order valence-electron chi connectivity index (χ3n) is 3.30. The normalized spacial score (nSPS) is 11.1. The molecular weight excluding hydrogens is 306 g/mol. The van der Waals surface area contributed by atoms with E-state index in [1.54, 1.807) is 22.0 Å². The molecule has 21 heavy (non-hydrogen) atoms. The molecule has 0 spiro atoms.